The van der Waals surface area contributed by atoms with Gasteiger partial charge in [0.25, 0.3) is 0 Å². The summed E-state index contributed by atoms with van der Waals surface area (Å²) in [6.07, 6.45) is 1.31. The van der Waals surface area contributed by atoms with Crippen molar-refractivity contribution in [1.29, 1.82) is 0 Å². The first kappa shape index (κ1) is 12.3. The van der Waals surface area contributed by atoms with Crippen LogP contribution < -0.4 is 5.32 Å². The zero-order valence-electron chi connectivity index (χ0n) is 9.58. The van der Waals surface area contributed by atoms with Gasteiger partial charge in [0.05, 0.1) is 6.61 Å². The average Bonchev–Trinajstić information content (AvgIpc) is 2.50. The van der Waals surface area contributed by atoms with Crippen LogP contribution in [-0.4, -0.2) is 36.8 Å². The molecule has 0 radical (unpaired) electrons. The van der Waals surface area contributed by atoms with Crippen molar-refractivity contribution in [3.05, 3.63) is 0 Å². The molecule has 1 rings (SSSR count). The molecule has 0 saturated carbocycles. The molecule has 1 heterocycles. The monoisotopic (exact) mass is 217 g/mol. The highest BCUT2D eigenvalue weighted by Crippen LogP contribution is 2.25. The van der Waals surface area contributed by atoms with Gasteiger partial charge in [-0.1, -0.05) is 20.8 Å². The number of nitrogens with one attached hydrogen (secondary N) is 1. The van der Waals surface area contributed by atoms with E-state index in [-0.39, 0.29) is 0 Å². The third-order valence-electron chi connectivity index (χ3n) is 2.33. The molecular weight excluding hydrogens is 194 g/mol. The van der Waals surface area contributed by atoms with Crippen molar-refractivity contribution >= 4 is 11.8 Å². The number of ether oxygens (including phenoxy) is 1. The Morgan fingerprint density at radius 1 is 1.50 bits per heavy atom. The van der Waals surface area contributed by atoms with E-state index in [1.165, 1.54) is 12.2 Å². The molecule has 0 bridgehead atoms. The third kappa shape index (κ3) is 5.23. The summed E-state index contributed by atoms with van der Waals surface area (Å²) < 4.78 is 5.51. The highest BCUT2D eigenvalue weighted by Gasteiger charge is 2.20. The molecule has 14 heavy (non-hydrogen) atoms. The Labute approximate surface area is 92.2 Å². The minimum Gasteiger partial charge on any atom is -0.380 e. The summed E-state index contributed by atoms with van der Waals surface area (Å²) in [5.74, 6) is 1.92. The minimum absolute atomic E-state index is 0.650. The lowest BCUT2D eigenvalue weighted by Crippen LogP contribution is -2.32. The minimum atomic E-state index is 0.650. The molecule has 0 spiro atoms. The molecule has 0 aromatic rings. The van der Waals surface area contributed by atoms with Crippen molar-refractivity contribution in [2.75, 3.05) is 25.5 Å². The summed E-state index contributed by atoms with van der Waals surface area (Å²) in [5.41, 5.74) is 0. The molecule has 3 heteroatoms. The van der Waals surface area contributed by atoms with E-state index in [0.717, 1.165) is 31.1 Å². The van der Waals surface area contributed by atoms with Gasteiger partial charge < -0.3 is 10.1 Å². The second kappa shape index (κ2) is 6.70. The van der Waals surface area contributed by atoms with E-state index in [4.69, 9.17) is 4.74 Å². The lowest BCUT2D eigenvalue weighted by Gasteiger charge is -2.12. The third-order valence-corrected chi connectivity index (χ3v) is 3.69. The van der Waals surface area contributed by atoms with Crippen molar-refractivity contribution in [1.82, 2.24) is 5.32 Å². The standard InChI is InChI=1S/C11H23NOS/c1-9(2)7-13-5-4-12-11-6-10(3)14-8-11/h9-12H,4-8H2,1-3H3. The SMILES string of the molecule is CC(C)COCCNC1CSC(C)C1. The second-order valence-electron chi connectivity index (χ2n) is 4.50. The predicted octanol–water partition coefficient (Wildman–Crippen LogP) is 2.14. The smallest absolute Gasteiger partial charge is 0.0591 e. The fourth-order valence-electron chi connectivity index (χ4n) is 1.61. The quantitative estimate of drug-likeness (QED) is 0.689. The first-order chi connectivity index (χ1) is 6.68. The van der Waals surface area contributed by atoms with Crippen LogP contribution in [0.25, 0.3) is 0 Å². The van der Waals surface area contributed by atoms with Crippen LogP contribution >= 0.6 is 11.8 Å². The van der Waals surface area contributed by atoms with Gasteiger partial charge in [0, 0.05) is 30.2 Å². The maximum absolute atomic E-state index is 5.51. The van der Waals surface area contributed by atoms with Gasteiger partial charge >= 0.3 is 0 Å². The largest absolute Gasteiger partial charge is 0.380 e. The Hall–Kier alpha value is 0.270. The summed E-state index contributed by atoms with van der Waals surface area (Å²) in [6, 6.07) is 0.720. The van der Waals surface area contributed by atoms with Crippen molar-refractivity contribution in [3.8, 4) is 0 Å². The first-order valence-corrected chi connectivity index (χ1v) is 6.66. The molecule has 2 nitrogen and oxygen atoms in total. The molecule has 2 unspecified atom stereocenters. The average molecular weight is 217 g/mol. The summed E-state index contributed by atoms with van der Waals surface area (Å²) in [5, 5.41) is 4.38. The van der Waals surface area contributed by atoms with E-state index >= 15 is 0 Å². The van der Waals surface area contributed by atoms with Gasteiger partial charge in [-0.15, -0.1) is 0 Å². The molecule has 1 N–H and O–H groups in total. The van der Waals surface area contributed by atoms with E-state index in [0.29, 0.717) is 5.92 Å². The van der Waals surface area contributed by atoms with Gasteiger partial charge in [0.2, 0.25) is 0 Å². The lowest BCUT2D eigenvalue weighted by atomic mass is 10.2. The van der Waals surface area contributed by atoms with E-state index in [2.05, 4.69) is 37.8 Å². The van der Waals surface area contributed by atoms with Crippen molar-refractivity contribution in [3.63, 3.8) is 0 Å². The highest BCUT2D eigenvalue weighted by atomic mass is 32.2. The zero-order valence-corrected chi connectivity index (χ0v) is 10.4. The summed E-state index contributed by atoms with van der Waals surface area (Å²) in [7, 11) is 0. The maximum atomic E-state index is 5.51. The van der Waals surface area contributed by atoms with E-state index in [1.807, 2.05) is 0 Å². The fraction of sp³-hybridized carbons (Fsp3) is 1.00. The van der Waals surface area contributed by atoms with Crippen molar-refractivity contribution in [2.45, 2.75) is 38.5 Å². The molecule has 0 aliphatic carbocycles. The second-order valence-corrected chi connectivity index (χ2v) is 5.97. The number of rotatable bonds is 6. The molecule has 0 aromatic carbocycles. The van der Waals surface area contributed by atoms with Crippen LogP contribution in [0, 0.1) is 5.92 Å². The van der Waals surface area contributed by atoms with Gasteiger partial charge in [-0.05, 0) is 12.3 Å². The Morgan fingerprint density at radius 3 is 2.86 bits per heavy atom. The highest BCUT2D eigenvalue weighted by molar-refractivity contribution is 8.00. The van der Waals surface area contributed by atoms with E-state index in [1.54, 1.807) is 0 Å². The van der Waals surface area contributed by atoms with Crippen molar-refractivity contribution < 1.29 is 4.74 Å². The zero-order chi connectivity index (χ0) is 10.4. The molecule has 1 fully saturated rings. The molecule has 2 atom stereocenters. The van der Waals surface area contributed by atoms with Crippen molar-refractivity contribution in [2.24, 2.45) is 5.92 Å². The summed E-state index contributed by atoms with van der Waals surface area (Å²) in [6.45, 7) is 9.42. The van der Waals surface area contributed by atoms with Crippen LogP contribution in [0.2, 0.25) is 0 Å². The molecule has 1 saturated heterocycles. The van der Waals surface area contributed by atoms with Crippen LogP contribution in [0.15, 0.2) is 0 Å². The molecule has 84 valence electrons. The van der Waals surface area contributed by atoms with Crippen LogP contribution in [-0.2, 0) is 4.74 Å². The van der Waals surface area contributed by atoms with E-state index in [9.17, 15) is 0 Å². The molecule has 0 aromatic heterocycles. The van der Waals surface area contributed by atoms with Crippen LogP contribution in [0.3, 0.4) is 0 Å². The fourth-order valence-corrected chi connectivity index (χ4v) is 2.80. The topological polar surface area (TPSA) is 21.3 Å². The number of hydrogen-bond donors (Lipinski definition) is 1. The summed E-state index contributed by atoms with van der Waals surface area (Å²) in [4.78, 5) is 0. The Bertz CT molecular complexity index is 152. The predicted molar refractivity (Wildman–Crippen MR) is 64.0 cm³/mol. The Kier molecular flexibility index (Phi) is 5.90. The van der Waals surface area contributed by atoms with Gasteiger partial charge in [-0.2, -0.15) is 11.8 Å². The first-order valence-electron chi connectivity index (χ1n) is 5.61. The molecular formula is C11H23NOS. The normalized spacial score (nSPS) is 27.4. The van der Waals surface area contributed by atoms with Crippen LogP contribution in [0.4, 0.5) is 0 Å². The number of thioether (sulfide) groups is 1. The molecule has 1 aliphatic rings. The maximum Gasteiger partial charge on any atom is 0.0591 e. The van der Waals surface area contributed by atoms with Gasteiger partial charge in [-0.3, -0.25) is 0 Å². The molecule has 0 amide bonds. The van der Waals surface area contributed by atoms with Crippen LogP contribution in [0.5, 0.6) is 0 Å². The Morgan fingerprint density at radius 2 is 2.29 bits per heavy atom. The molecule has 1 aliphatic heterocycles. The number of hydrogen-bond acceptors (Lipinski definition) is 3. The van der Waals surface area contributed by atoms with Gasteiger partial charge in [0.15, 0.2) is 0 Å². The Balaban J connectivity index is 1.89. The van der Waals surface area contributed by atoms with Crippen LogP contribution in [0.1, 0.15) is 27.2 Å². The van der Waals surface area contributed by atoms with Gasteiger partial charge in [-0.25, -0.2) is 0 Å². The summed E-state index contributed by atoms with van der Waals surface area (Å²) >= 11 is 2.07. The van der Waals surface area contributed by atoms with E-state index < -0.39 is 0 Å². The lowest BCUT2D eigenvalue weighted by molar-refractivity contribution is 0.110. The van der Waals surface area contributed by atoms with Gasteiger partial charge in [0.1, 0.15) is 0 Å².